The smallest absolute Gasteiger partial charge is 0.317 e. The summed E-state index contributed by atoms with van der Waals surface area (Å²) >= 11 is 0. The third-order valence-electron chi connectivity index (χ3n) is 6.14. The molecule has 2 heterocycles. The molecule has 128 valence electrons. The summed E-state index contributed by atoms with van der Waals surface area (Å²) < 4.78 is 11.6. The molecule has 5 heteroatoms. The first-order valence-corrected chi connectivity index (χ1v) is 9.17. The maximum absolute atomic E-state index is 12.7. The molecule has 4 aliphatic rings. The Morgan fingerprint density at radius 1 is 1.25 bits per heavy atom. The molecule has 0 radical (unpaired) electrons. The van der Waals surface area contributed by atoms with Crippen molar-refractivity contribution in [1.82, 2.24) is 10.2 Å². The van der Waals surface area contributed by atoms with Gasteiger partial charge in [-0.1, -0.05) is 24.3 Å². The third-order valence-corrected chi connectivity index (χ3v) is 6.14. The van der Waals surface area contributed by atoms with E-state index in [4.69, 9.17) is 9.47 Å². The number of carbonyl (C=O) groups excluding carboxylic acids is 1. The molecule has 3 fully saturated rings. The summed E-state index contributed by atoms with van der Waals surface area (Å²) in [6.07, 6.45) is 4.15. The lowest BCUT2D eigenvalue weighted by Gasteiger charge is -2.38. The molecule has 1 aromatic carbocycles. The number of fused-ring (bicyclic) bond motifs is 3. The summed E-state index contributed by atoms with van der Waals surface area (Å²) in [6.45, 7) is 2.62. The molecule has 2 aliphatic carbocycles. The Morgan fingerprint density at radius 2 is 2.08 bits per heavy atom. The van der Waals surface area contributed by atoms with Crippen LogP contribution in [0.1, 0.15) is 36.3 Å². The molecule has 1 aromatic rings. The highest BCUT2D eigenvalue weighted by atomic mass is 16.7. The Bertz CT molecular complexity index is 656. The van der Waals surface area contributed by atoms with Crippen LogP contribution in [0.3, 0.4) is 0 Å². The number of hydrogen-bond donors (Lipinski definition) is 1. The van der Waals surface area contributed by atoms with Crippen LogP contribution in [-0.4, -0.2) is 49.1 Å². The van der Waals surface area contributed by atoms with E-state index >= 15 is 0 Å². The number of urea groups is 1. The molecule has 1 saturated carbocycles. The van der Waals surface area contributed by atoms with Gasteiger partial charge in [-0.05, 0) is 36.3 Å². The standard InChI is InChI=1S/C19H24N2O3/c22-18(21-9-3-8-19(12-21)23-10-11-24-19)20-17-15-7-6-13-4-1-2-5-14(13)16(15)17/h1-2,4-5,15-17H,3,6-12H2,(H,20,22)/t15-,16+,17+/m0/s1. The number of carbonyl (C=O) groups is 1. The number of amides is 2. The highest BCUT2D eigenvalue weighted by Crippen LogP contribution is 2.54. The van der Waals surface area contributed by atoms with Crippen molar-refractivity contribution in [3.05, 3.63) is 35.4 Å². The van der Waals surface area contributed by atoms with Gasteiger partial charge in [-0.15, -0.1) is 0 Å². The quantitative estimate of drug-likeness (QED) is 0.860. The fraction of sp³-hybridized carbons (Fsp3) is 0.632. The minimum atomic E-state index is -0.543. The number of rotatable bonds is 1. The first-order valence-electron chi connectivity index (χ1n) is 9.17. The number of aryl methyl sites for hydroxylation is 1. The summed E-state index contributed by atoms with van der Waals surface area (Å²) in [7, 11) is 0. The van der Waals surface area contributed by atoms with Crippen molar-refractivity contribution in [2.45, 2.75) is 43.4 Å². The second kappa shape index (κ2) is 5.46. The lowest BCUT2D eigenvalue weighted by Crippen LogP contribution is -2.54. The van der Waals surface area contributed by atoms with Gasteiger partial charge in [0.2, 0.25) is 0 Å². The molecule has 5 rings (SSSR count). The SMILES string of the molecule is O=C(N[C@@H]1[C@H]2CCc3ccccc3[C@H]21)N1CCCC2(C1)OCCO2. The zero-order valence-electron chi connectivity index (χ0n) is 13.9. The predicted octanol–water partition coefficient (Wildman–Crippen LogP) is 2.26. The van der Waals surface area contributed by atoms with Crippen LogP contribution >= 0.6 is 0 Å². The minimum Gasteiger partial charge on any atom is -0.346 e. The van der Waals surface area contributed by atoms with E-state index in [-0.39, 0.29) is 6.03 Å². The highest BCUT2D eigenvalue weighted by molar-refractivity contribution is 5.75. The molecular weight excluding hydrogens is 304 g/mol. The van der Waals surface area contributed by atoms with Crippen LogP contribution in [0.5, 0.6) is 0 Å². The molecule has 0 unspecified atom stereocenters. The van der Waals surface area contributed by atoms with Crippen molar-refractivity contribution in [3.8, 4) is 0 Å². The molecule has 2 saturated heterocycles. The first-order chi connectivity index (χ1) is 11.8. The zero-order valence-corrected chi connectivity index (χ0v) is 13.9. The maximum Gasteiger partial charge on any atom is 0.317 e. The molecule has 5 nitrogen and oxygen atoms in total. The second-order valence-corrected chi connectivity index (χ2v) is 7.54. The zero-order chi connectivity index (χ0) is 16.1. The van der Waals surface area contributed by atoms with Gasteiger partial charge in [-0.2, -0.15) is 0 Å². The first kappa shape index (κ1) is 14.7. The minimum absolute atomic E-state index is 0.0463. The topological polar surface area (TPSA) is 50.8 Å². The Kier molecular flexibility index (Phi) is 3.35. The van der Waals surface area contributed by atoms with E-state index in [1.807, 2.05) is 4.90 Å². The number of nitrogens with one attached hydrogen (secondary N) is 1. The lowest BCUT2D eigenvalue weighted by molar-refractivity contribution is -0.182. The summed E-state index contributed by atoms with van der Waals surface area (Å²) in [5.41, 5.74) is 2.90. The summed E-state index contributed by atoms with van der Waals surface area (Å²) in [6, 6.07) is 9.03. The van der Waals surface area contributed by atoms with Crippen LogP contribution in [0.25, 0.3) is 0 Å². The van der Waals surface area contributed by atoms with Gasteiger partial charge >= 0.3 is 6.03 Å². The Morgan fingerprint density at radius 3 is 2.96 bits per heavy atom. The van der Waals surface area contributed by atoms with Gasteiger partial charge < -0.3 is 19.7 Å². The van der Waals surface area contributed by atoms with E-state index in [0.29, 0.717) is 37.6 Å². The van der Waals surface area contributed by atoms with Crippen LogP contribution in [0.2, 0.25) is 0 Å². The van der Waals surface area contributed by atoms with Crippen LogP contribution < -0.4 is 5.32 Å². The number of benzene rings is 1. The van der Waals surface area contributed by atoms with Crippen LogP contribution in [0.4, 0.5) is 4.79 Å². The number of ether oxygens (including phenoxy) is 2. The van der Waals surface area contributed by atoms with Crippen LogP contribution in [0, 0.1) is 5.92 Å². The van der Waals surface area contributed by atoms with Gasteiger partial charge in [0.25, 0.3) is 0 Å². The fourth-order valence-corrected chi connectivity index (χ4v) is 4.89. The fourth-order valence-electron chi connectivity index (χ4n) is 4.89. The summed E-state index contributed by atoms with van der Waals surface area (Å²) in [5.74, 6) is 0.580. The van der Waals surface area contributed by atoms with Crippen LogP contribution in [0.15, 0.2) is 24.3 Å². The van der Waals surface area contributed by atoms with Gasteiger partial charge in [-0.3, -0.25) is 0 Å². The lowest BCUT2D eigenvalue weighted by atomic mass is 9.92. The Hall–Kier alpha value is -1.59. The van der Waals surface area contributed by atoms with Gasteiger partial charge in [0.1, 0.15) is 0 Å². The average Bonchev–Trinajstić information content (AvgIpc) is 3.14. The Balaban J connectivity index is 1.25. The van der Waals surface area contributed by atoms with Gasteiger partial charge in [0.15, 0.2) is 5.79 Å². The van der Waals surface area contributed by atoms with Gasteiger partial charge in [0, 0.05) is 24.9 Å². The molecule has 1 spiro atoms. The van der Waals surface area contributed by atoms with E-state index in [1.165, 1.54) is 17.5 Å². The van der Waals surface area contributed by atoms with Crippen molar-refractivity contribution in [2.24, 2.45) is 5.92 Å². The van der Waals surface area contributed by atoms with E-state index in [0.717, 1.165) is 25.8 Å². The van der Waals surface area contributed by atoms with Crippen LogP contribution in [-0.2, 0) is 15.9 Å². The largest absolute Gasteiger partial charge is 0.346 e. The van der Waals surface area contributed by atoms with Crippen molar-refractivity contribution in [2.75, 3.05) is 26.3 Å². The number of nitrogens with zero attached hydrogens (tertiary/aromatic N) is 1. The molecule has 2 aliphatic heterocycles. The molecule has 3 atom stereocenters. The maximum atomic E-state index is 12.7. The van der Waals surface area contributed by atoms with E-state index < -0.39 is 5.79 Å². The van der Waals surface area contributed by atoms with E-state index in [2.05, 4.69) is 29.6 Å². The Labute approximate surface area is 142 Å². The molecular formula is C19H24N2O3. The number of likely N-dealkylation sites (tertiary alicyclic amines) is 1. The van der Waals surface area contributed by atoms with Gasteiger partial charge in [-0.25, -0.2) is 4.79 Å². The molecule has 0 bridgehead atoms. The second-order valence-electron chi connectivity index (χ2n) is 7.54. The van der Waals surface area contributed by atoms with Crippen molar-refractivity contribution in [1.29, 1.82) is 0 Å². The number of hydrogen-bond acceptors (Lipinski definition) is 3. The molecule has 0 aromatic heterocycles. The predicted molar refractivity (Wildman–Crippen MR) is 88.8 cm³/mol. The van der Waals surface area contributed by atoms with E-state index in [9.17, 15) is 4.79 Å². The van der Waals surface area contributed by atoms with Crippen molar-refractivity contribution < 1.29 is 14.3 Å². The average molecular weight is 328 g/mol. The summed E-state index contributed by atoms with van der Waals surface area (Å²) in [5, 5.41) is 3.29. The third kappa shape index (κ3) is 2.33. The summed E-state index contributed by atoms with van der Waals surface area (Å²) in [4.78, 5) is 14.6. The van der Waals surface area contributed by atoms with E-state index in [1.54, 1.807) is 0 Å². The van der Waals surface area contributed by atoms with Crippen molar-refractivity contribution in [3.63, 3.8) is 0 Å². The molecule has 2 amide bonds. The molecule has 24 heavy (non-hydrogen) atoms. The monoisotopic (exact) mass is 328 g/mol. The van der Waals surface area contributed by atoms with Crippen molar-refractivity contribution >= 4 is 6.03 Å². The molecule has 1 N–H and O–H groups in total. The van der Waals surface area contributed by atoms with Gasteiger partial charge in [0.05, 0.1) is 19.8 Å². The number of piperidine rings is 1. The highest BCUT2D eigenvalue weighted by Gasteiger charge is 2.54. The normalized spacial score (nSPS) is 33.0.